The van der Waals surface area contributed by atoms with E-state index in [-0.39, 0.29) is 0 Å². The van der Waals surface area contributed by atoms with Gasteiger partial charge in [-0.1, -0.05) is 6.07 Å². The highest BCUT2D eigenvalue weighted by Gasteiger charge is 2.29. The summed E-state index contributed by atoms with van der Waals surface area (Å²) in [5.41, 5.74) is 1.24. The Balaban J connectivity index is 1.70. The summed E-state index contributed by atoms with van der Waals surface area (Å²) >= 11 is 0. The average molecular weight is 276 g/mol. The Hall–Kier alpha value is -1.26. The zero-order chi connectivity index (χ0) is 13.9. The summed E-state index contributed by atoms with van der Waals surface area (Å²) in [5.74, 6) is 1.77. The maximum Gasteiger partial charge on any atom is 0.127 e. The molecule has 0 aliphatic carbocycles. The van der Waals surface area contributed by atoms with Crippen molar-refractivity contribution in [2.24, 2.45) is 0 Å². The topological polar surface area (TPSA) is 33.7 Å². The highest BCUT2D eigenvalue weighted by Crippen LogP contribution is 2.27. The standard InChI is InChI=1S/C16H24N2O2/c1-19-15-6-3-12(16(9-15)20-2)10-18-8-7-13-4-5-14(11-18)17-13/h3,6,9,13-14,17H,4-5,7-8,10-11H2,1-2H3. The molecular weight excluding hydrogens is 252 g/mol. The number of likely N-dealkylation sites (tertiary alicyclic amines) is 1. The molecule has 2 bridgehead atoms. The molecular formula is C16H24N2O2. The largest absolute Gasteiger partial charge is 0.497 e. The molecule has 2 saturated heterocycles. The summed E-state index contributed by atoms with van der Waals surface area (Å²) in [6, 6.07) is 7.51. The molecule has 3 rings (SSSR count). The van der Waals surface area contributed by atoms with Gasteiger partial charge in [-0.2, -0.15) is 0 Å². The molecule has 4 heteroatoms. The molecule has 2 aliphatic heterocycles. The second-order valence-electron chi connectivity index (χ2n) is 5.84. The van der Waals surface area contributed by atoms with Crippen molar-refractivity contribution in [2.75, 3.05) is 27.3 Å². The maximum atomic E-state index is 5.50. The molecule has 2 aliphatic rings. The minimum atomic E-state index is 0.673. The first kappa shape index (κ1) is 13.7. The number of rotatable bonds is 4. The molecule has 1 N–H and O–H groups in total. The molecule has 0 saturated carbocycles. The lowest BCUT2D eigenvalue weighted by Gasteiger charge is -2.25. The van der Waals surface area contributed by atoms with Crippen LogP contribution in [-0.4, -0.2) is 44.3 Å². The second-order valence-corrected chi connectivity index (χ2v) is 5.84. The molecule has 0 amide bonds. The minimum Gasteiger partial charge on any atom is -0.497 e. The van der Waals surface area contributed by atoms with Gasteiger partial charge in [-0.15, -0.1) is 0 Å². The summed E-state index contributed by atoms with van der Waals surface area (Å²) in [6.45, 7) is 3.27. The second kappa shape index (κ2) is 6.02. The lowest BCUT2D eigenvalue weighted by molar-refractivity contribution is 0.247. The molecule has 2 heterocycles. The van der Waals surface area contributed by atoms with Crippen molar-refractivity contribution in [3.8, 4) is 11.5 Å². The zero-order valence-corrected chi connectivity index (χ0v) is 12.4. The van der Waals surface area contributed by atoms with Crippen LogP contribution in [0.2, 0.25) is 0 Å². The Kier molecular flexibility index (Phi) is 4.13. The number of fused-ring (bicyclic) bond motifs is 2. The molecule has 0 spiro atoms. The van der Waals surface area contributed by atoms with Crippen LogP contribution in [0.4, 0.5) is 0 Å². The van der Waals surface area contributed by atoms with Crippen molar-refractivity contribution < 1.29 is 9.47 Å². The smallest absolute Gasteiger partial charge is 0.127 e. The van der Waals surface area contributed by atoms with Gasteiger partial charge < -0.3 is 14.8 Å². The number of methoxy groups -OCH3 is 2. The summed E-state index contributed by atoms with van der Waals surface area (Å²) in [6.07, 6.45) is 3.93. The Morgan fingerprint density at radius 3 is 2.80 bits per heavy atom. The molecule has 1 aromatic carbocycles. The normalized spacial score (nSPS) is 26.3. The van der Waals surface area contributed by atoms with Crippen LogP contribution in [0, 0.1) is 0 Å². The minimum absolute atomic E-state index is 0.673. The number of nitrogens with one attached hydrogen (secondary N) is 1. The van der Waals surface area contributed by atoms with Crippen molar-refractivity contribution in [3.05, 3.63) is 23.8 Å². The van der Waals surface area contributed by atoms with Crippen LogP contribution in [0.3, 0.4) is 0 Å². The van der Waals surface area contributed by atoms with E-state index in [1.54, 1.807) is 14.2 Å². The van der Waals surface area contributed by atoms with Crippen LogP contribution >= 0.6 is 0 Å². The van der Waals surface area contributed by atoms with Crippen LogP contribution in [0.5, 0.6) is 11.5 Å². The predicted molar refractivity (Wildman–Crippen MR) is 79.4 cm³/mol. The van der Waals surface area contributed by atoms with Crippen molar-refractivity contribution in [2.45, 2.75) is 37.9 Å². The highest BCUT2D eigenvalue weighted by molar-refractivity contribution is 5.40. The summed E-state index contributed by atoms with van der Waals surface area (Å²) < 4.78 is 10.8. The van der Waals surface area contributed by atoms with Crippen molar-refractivity contribution >= 4 is 0 Å². The molecule has 2 atom stereocenters. The third-order valence-electron chi connectivity index (χ3n) is 4.50. The van der Waals surface area contributed by atoms with E-state index in [2.05, 4.69) is 16.3 Å². The van der Waals surface area contributed by atoms with Crippen LogP contribution < -0.4 is 14.8 Å². The number of hydrogen-bond donors (Lipinski definition) is 1. The summed E-state index contributed by atoms with van der Waals surface area (Å²) in [4.78, 5) is 2.54. The maximum absolute atomic E-state index is 5.50. The Morgan fingerprint density at radius 1 is 1.15 bits per heavy atom. The fraction of sp³-hybridized carbons (Fsp3) is 0.625. The van der Waals surface area contributed by atoms with Gasteiger partial charge in [0.15, 0.2) is 0 Å². The lowest BCUT2D eigenvalue weighted by Crippen LogP contribution is -2.35. The highest BCUT2D eigenvalue weighted by atomic mass is 16.5. The molecule has 110 valence electrons. The van der Waals surface area contributed by atoms with Crippen LogP contribution in [-0.2, 0) is 6.54 Å². The van der Waals surface area contributed by atoms with E-state index < -0.39 is 0 Å². The summed E-state index contributed by atoms with van der Waals surface area (Å²) in [5, 5.41) is 3.72. The molecule has 1 aromatic rings. The van der Waals surface area contributed by atoms with Gasteiger partial charge in [0.25, 0.3) is 0 Å². The fourth-order valence-electron chi connectivity index (χ4n) is 3.38. The molecule has 0 aromatic heterocycles. The average Bonchev–Trinajstić information content (AvgIpc) is 2.82. The third-order valence-corrected chi connectivity index (χ3v) is 4.50. The van der Waals surface area contributed by atoms with E-state index in [9.17, 15) is 0 Å². The Labute approximate surface area is 121 Å². The van der Waals surface area contributed by atoms with Gasteiger partial charge in [0.1, 0.15) is 11.5 Å². The monoisotopic (exact) mass is 276 g/mol. The molecule has 20 heavy (non-hydrogen) atoms. The van der Waals surface area contributed by atoms with Gasteiger partial charge >= 0.3 is 0 Å². The number of hydrogen-bond acceptors (Lipinski definition) is 4. The number of ether oxygens (including phenoxy) is 2. The molecule has 4 nitrogen and oxygen atoms in total. The number of nitrogens with zero attached hydrogens (tertiary/aromatic N) is 1. The third kappa shape index (κ3) is 2.91. The van der Waals surface area contributed by atoms with Crippen LogP contribution in [0.1, 0.15) is 24.8 Å². The van der Waals surface area contributed by atoms with Gasteiger partial charge in [-0.05, 0) is 25.3 Å². The van der Waals surface area contributed by atoms with E-state index in [1.807, 2.05) is 12.1 Å². The quantitative estimate of drug-likeness (QED) is 0.912. The van der Waals surface area contributed by atoms with Gasteiger partial charge in [0.2, 0.25) is 0 Å². The van der Waals surface area contributed by atoms with Crippen molar-refractivity contribution in [1.29, 1.82) is 0 Å². The fourth-order valence-corrected chi connectivity index (χ4v) is 3.38. The summed E-state index contributed by atoms with van der Waals surface area (Å²) in [7, 11) is 3.41. The predicted octanol–water partition coefficient (Wildman–Crippen LogP) is 2.03. The van der Waals surface area contributed by atoms with E-state index in [0.29, 0.717) is 6.04 Å². The molecule has 2 unspecified atom stereocenters. The van der Waals surface area contributed by atoms with Crippen molar-refractivity contribution in [1.82, 2.24) is 10.2 Å². The van der Waals surface area contributed by atoms with Gasteiger partial charge in [-0.25, -0.2) is 0 Å². The van der Waals surface area contributed by atoms with E-state index in [4.69, 9.17) is 9.47 Å². The van der Waals surface area contributed by atoms with E-state index in [1.165, 1.54) is 31.4 Å². The Morgan fingerprint density at radius 2 is 2.00 bits per heavy atom. The first-order valence-electron chi connectivity index (χ1n) is 7.48. The van der Waals surface area contributed by atoms with Crippen molar-refractivity contribution in [3.63, 3.8) is 0 Å². The van der Waals surface area contributed by atoms with Crippen LogP contribution in [0.25, 0.3) is 0 Å². The molecule has 2 fully saturated rings. The lowest BCUT2D eigenvalue weighted by atomic mass is 10.1. The first-order valence-corrected chi connectivity index (χ1v) is 7.48. The van der Waals surface area contributed by atoms with Gasteiger partial charge in [0, 0.05) is 43.3 Å². The van der Waals surface area contributed by atoms with Gasteiger partial charge in [-0.3, -0.25) is 4.90 Å². The Bertz CT molecular complexity index is 464. The first-order chi connectivity index (χ1) is 9.78. The SMILES string of the molecule is COc1ccc(CN2CCC3CCC(C2)N3)c(OC)c1. The van der Waals surface area contributed by atoms with E-state index >= 15 is 0 Å². The molecule has 0 radical (unpaired) electrons. The van der Waals surface area contributed by atoms with Gasteiger partial charge in [0.05, 0.1) is 14.2 Å². The number of benzene rings is 1. The zero-order valence-electron chi connectivity index (χ0n) is 12.4. The van der Waals surface area contributed by atoms with Crippen LogP contribution in [0.15, 0.2) is 18.2 Å². The van der Waals surface area contributed by atoms with E-state index in [0.717, 1.165) is 30.6 Å².